The molecule has 1 rings (SSSR count). The van der Waals surface area contributed by atoms with E-state index in [1.807, 2.05) is 11.3 Å². The van der Waals surface area contributed by atoms with Gasteiger partial charge in [-0.15, -0.1) is 11.3 Å². The van der Waals surface area contributed by atoms with Crippen LogP contribution in [0.1, 0.15) is 58.0 Å². The molecule has 18 heavy (non-hydrogen) atoms. The summed E-state index contributed by atoms with van der Waals surface area (Å²) < 4.78 is 0. The molecule has 0 saturated carbocycles. The molecule has 3 nitrogen and oxygen atoms in total. The predicted molar refractivity (Wildman–Crippen MR) is 81.7 cm³/mol. The maximum Gasteiger partial charge on any atom is 0.186 e. The van der Waals surface area contributed by atoms with Gasteiger partial charge in [0, 0.05) is 24.0 Å². The maximum atomic E-state index is 4.86. The number of hydrogen-bond donors (Lipinski definition) is 1. The first-order valence-corrected chi connectivity index (χ1v) is 7.79. The first-order valence-electron chi connectivity index (χ1n) is 6.98. The molecule has 0 saturated heterocycles. The van der Waals surface area contributed by atoms with Crippen LogP contribution in [0.5, 0.6) is 0 Å². The van der Waals surface area contributed by atoms with Crippen LogP contribution in [-0.4, -0.2) is 24.1 Å². The van der Waals surface area contributed by atoms with E-state index in [1.165, 1.54) is 15.7 Å². The van der Waals surface area contributed by atoms with E-state index in [0.29, 0.717) is 12.0 Å². The second-order valence-corrected chi connectivity index (χ2v) is 6.18. The van der Waals surface area contributed by atoms with Gasteiger partial charge in [0.1, 0.15) is 0 Å². The average Bonchev–Trinajstić information content (AvgIpc) is 2.71. The molecule has 0 aliphatic rings. The van der Waals surface area contributed by atoms with Gasteiger partial charge in [0.15, 0.2) is 5.13 Å². The number of aromatic nitrogens is 1. The van der Waals surface area contributed by atoms with E-state index in [0.717, 1.165) is 19.6 Å². The summed E-state index contributed by atoms with van der Waals surface area (Å²) >= 11 is 1.84. The van der Waals surface area contributed by atoms with Crippen molar-refractivity contribution in [3.63, 3.8) is 0 Å². The van der Waals surface area contributed by atoms with E-state index in [4.69, 9.17) is 4.98 Å². The van der Waals surface area contributed by atoms with Crippen LogP contribution in [0.4, 0.5) is 5.13 Å². The number of hydrogen-bond acceptors (Lipinski definition) is 4. The fourth-order valence-corrected chi connectivity index (χ4v) is 3.39. The van der Waals surface area contributed by atoms with Crippen molar-refractivity contribution in [3.8, 4) is 0 Å². The monoisotopic (exact) mass is 269 g/mol. The van der Waals surface area contributed by atoms with Gasteiger partial charge in [-0.1, -0.05) is 20.8 Å². The van der Waals surface area contributed by atoms with Crippen molar-refractivity contribution in [2.75, 3.05) is 18.0 Å². The van der Waals surface area contributed by atoms with Crippen molar-refractivity contribution in [2.24, 2.45) is 0 Å². The smallest absolute Gasteiger partial charge is 0.186 e. The molecular weight excluding hydrogens is 242 g/mol. The van der Waals surface area contributed by atoms with Crippen molar-refractivity contribution in [2.45, 2.75) is 60.0 Å². The summed E-state index contributed by atoms with van der Waals surface area (Å²) in [7, 11) is 0. The van der Waals surface area contributed by atoms with Gasteiger partial charge < -0.3 is 10.2 Å². The topological polar surface area (TPSA) is 28.2 Å². The molecule has 0 aliphatic carbocycles. The van der Waals surface area contributed by atoms with E-state index < -0.39 is 0 Å². The molecule has 0 radical (unpaired) electrons. The van der Waals surface area contributed by atoms with Crippen LogP contribution in [-0.2, 0) is 6.54 Å². The molecule has 0 amide bonds. The number of rotatable bonds is 7. The number of thiazole rings is 1. The minimum atomic E-state index is 0.495. The standard InChI is InChI=1S/C14H27N3S/c1-7-15-9-12-13(10(3)4)16-14(18-12)17(8-2)11(5)6/h10-11,15H,7-9H2,1-6H3. The Morgan fingerprint density at radius 3 is 2.33 bits per heavy atom. The van der Waals surface area contributed by atoms with E-state index >= 15 is 0 Å². The second kappa shape index (κ2) is 7.10. The fourth-order valence-electron chi connectivity index (χ4n) is 2.01. The molecule has 1 aromatic rings. The zero-order valence-corrected chi connectivity index (χ0v) is 13.4. The van der Waals surface area contributed by atoms with Gasteiger partial charge in [-0.05, 0) is 33.2 Å². The lowest BCUT2D eigenvalue weighted by atomic mass is 10.1. The summed E-state index contributed by atoms with van der Waals surface area (Å²) in [4.78, 5) is 8.62. The van der Waals surface area contributed by atoms with E-state index in [2.05, 4.69) is 51.8 Å². The van der Waals surface area contributed by atoms with Crippen LogP contribution in [0.15, 0.2) is 0 Å². The summed E-state index contributed by atoms with van der Waals surface area (Å²) in [6.45, 7) is 16.2. The Labute approximate surface area is 116 Å². The molecule has 0 atom stereocenters. The molecule has 0 aromatic carbocycles. The van der Waals surface area contributed by atoms with Gasteiger partial charge in [-0.3, -0.25) is 0 Å². The second-order valence-electron chi connectivity index (χ2n) is 5.12. The summed E-state index contributed by atoms with van der Waals surface area (Å²) in [6.07, 6.45) is 0. The van der Waals surface area contributed by atoms with E-state index in [9.17, 15) is 0 Å². The Kier molecular flexibility index (Phi) is 6.09. The molecule has 0 fully saturated rings. The predicted octanol–water partition coefficient (Wildman–Crippen LogP) is 3.61. The highest BCUT2D eigenvalue weighted by atomic mass is 32.1. The van der Waals surface area contributed by atoms with Crippen molar-refractivity contribution < 1.29 is 0 Å². The first-order chi connectivity index (χ1) is 8.51. The third-order valence-electron chi connectivity index (χ3n) is 3.01. The number of nitrogens with zero attached hydrogens (tertiary/aromatic N) is 2. The van der Waals surface area contributed by atoms with Crippen molar-refractivity contribution in [1.82, 2.24) is 10.3 Å². The zero-order valence-electron chi connectivity index (χ0n) is 12.6. The zero-order chi connectivity index (χ0) is 13.7. The summed E-state index contributed by atoms with van der Waals surface area (Å²) in [5, 5.41) is 4.58. The van der Waals surface area contributed by atoms with Crippen molar-refractivity contribution >= 4 is 16.5 Å². The highest BCUT2D eigenvalue weighted by Crippen LogP contribution is 2.31. The molecule has 1 aromatic heterocycles. The molecular formula is C14H27N3S. The maximum absolute atomic E-state index is 4.86. The molecule has 0 unspecified atom stereocenters. The average molecular weight is 269 g/mol. The molecule has 4 heteroatoms. The normalized spacial score (nSPS) is 11.6. The molecule has 1 heterocycles. The first kappa shape index (κ1) is 15.4. The van der Waals surface area contributed by atoms with Crippen LogP contribution >= 0.6 is 11.3 Å². The number of anilines is 1. The summed E-state index contributed by atoms with van der Waals surface area (Å²) in [5.74, 6) is 0.495. The lowest BCUT2D eigenvalue weighted by Gasteiger charge is -2.24. The Balaban J connectivity index is 3.00. The third kappa shape index (κ3) is 3.69. The molecule has 1 N–H and O–H groups in total. The SMILES string of the molecule is CCNCc1sc(N(CC)C(C)C)nc1C(C)C. The third-order valence-corrected chi connectivity index (χ3v) is 4.12. The number of nitrogens with one attached hydrogen (secondary N) is 1. The Bertz CT molecular complexity index is 358. The van der Waals surface area contributed by atoms with E-state index in [-0.39, 0.29) is 0 Å². The Morgan fingerprint density at radius 2 is 1.89 bits per heavy atom. The van der Waals surface area contributed by atoms with Gasteiger partial charge in [-0.25, -0.2) is 4.98 Å². The van der Waals surface area contributed by atoms with Gasteiger partial charge in [0.25, 0.3) is 0 Å². The summed E-state index contributed by atoms with van der Waals surface area (Å²) in [5.41, 5.74) is 1.26. The highest BCUT2D eigenvalue weighted by molar-refractivity contribution is 7.15. The van der Waals surface area contributed by atoms with Crippen LogP contribution in [0.25, 0.3) is 0 Å². The fraction of sp³-hybridized carbons (Fsp3) is 0.786. The summed E-state index contributed by atoms with van der Waals surface area (Å²) in [6, 6.07) is 0.508. The van der Waals surface area contributed by atoms with Crippen LogP contribution < -0.4 is 10.2 Å². The lowest BCUT2D eigenvalue weighted by molar-refractivity contribution is 0.692. The van der Waals surface area contributed by atoms with E-state index in [1.54, 1.807) is 0 Å². The molecule has 0 spiro atoms. The lowest BCUT2D eigenvalue weighted by Crippen LogP contribution is -2.30. The highest BCUT2D eigenvalue weighted by Gasteiger charge is 2.18. The Hall–Kier alpha value is -0.610. The Morgan fingerprint density at radius 1 is 1.22 bits per heavy atom. The molecule has 0 bridgehead atoms. The van der Waals surface area contributed by atoms with Crippen molar-refractivity contribution in [1.29, 1.82) is 0 Å². The van der Waals surface area contributed by atoms with Crippen LogP contribution in [0.2, 0.25) is 0 Å². The minimum Gasteiger partial charge on any atom is -0.346 e. The van der Waals surface area contributed by atoms with Crippen LogP contribution in [0.3, 0.4) is 0 Å². The van der Waals surface area contributed by atoms with Gasteiger partial charge in [-0.2, -0.15) is 0 Å². The van der Waals surface area contributed by atoms with Gasteiger partial charge in [0.05, 0.1) is 5.69 Å². The molecule has 0 aliphatic heterocycles. The quantitative estimate of drug-likeness (QED) is 0.819. The largest absolute Gasteiger partial charge is 0.346 e. The van der Waals surface area contributed by atoms with Gasteiger partial charge in [0.2, 0.25) is 0 Å². The molecule has 104 valence electrons. The van der Waals surface area contributed by atoms with Crippen molar-refractivity contribution in [3.05, 3.63) is 10.6 Å². The van der Waals surface area contributed by atoms with Gasteiger partial charge >= 0.3 is 0 Å². The minimum absolute atomic E-state index is 0.495. The van der Waals surface area contributed by atoms with Crippen LogP contribution in [0, 0.1) is 0 Å².